The molecule has 21 heavy (non-hydrogen) atoms. The number of anilines is 1. The van der Waals surface area contributed by atoms with Gasteiger partial charge < -0.3 is 10.6 Å². The molecule has 112 valence electrons. The highest BCUT2D eigenvalue weighted by atomic mass is 16.1. The van der Waals surface area contributed by atoms with Gasteiger partial charge in [-0.3, -0.25) is 4.79 Å². The molecule has 2 aromatic rings. The molecule has 0 fully saturated rings. The lowest BCUT2D eigenvalue weighted by Gasteiger charge is -2.14. The molecule has 3 N–H and O–H groups in total. The highest BCUT2D eigenvalue weighted by Crippen LogP contribution is 2.18. The fraction of sp³-hybridized carbons (Fsp3) is 0.429. The van der Waals surface area contributed by atoms with E-state index in [1.807, 2.05) is 32.0 Å². The summed E-state index contributed by atoms with van der Waals surface area (Å²) in [6.07, 6.45) is 0.994. The Labute approximate surface area is 123 Å². The van der Waals surface area contributed by atoms with Crippen molar-refractivity contribution in [1.29, 1.82) is 0 Å². The van der Waals surface area contributed by atoms with Gasteiger partial charge in [-0.2, -0.15) is 5.21 Å². The van der Waals surface area contributed by atoms with Crippen molar-refractivity contribution in [2.45, 2.75) is 33.2 Å². The SMILES string of the molecule is CCCNc1cc(C)ccc1C(=O)NC(C)c1nn[nH]n1. The standard InChI is InChI=1S/C14H20N6O/c1-4-7-15-12-8-9(2)5-6-11(12)14(21)16-10(3)13-17-19-20-18-13/h5-6,8,10,15H,4,7H2,1-3H3,(H,16,21)(H,17,18,19,20). The Morgan fingerprint density at radius 3 is 2.90 bits per heavy atom. The lowest BCUT2D eigenvalue weighted by atomic mass is 10.1. The molecule has 0 saturated heterocycles. The summed E-state index contributed by atoms with van der Waals surface area (Å²) in [6, 6.07) is 5.41. The quantitative estimate of drug-likeness (QED) is 0.753. The zero-order valence-corrected chi connectivity index (χ0v) is 12.5. The normalized spacial score (nSPS) is 12.0. The molecule has 1 aromatic carbocycles. The van der Waals surface area contributed by atoms with Crippen molar-refractivity contribution in [1.82, 2.24) is 25.9 Å². The Hall–Kier alpha value is -2.44. The fourth-order valence-electron chi connectivity index (χ4n) is 1.95. The summed E-state index contributed by atoms with van der Waals surface area (Å²) in [5.74, 6) is 0.296. The van der Waals surface area contributed by atoms with Gasteiger partial charge in [0.05, 0.1) is 11.6 Å². The highest BCUT2D eigenvalue weighted by molar-refractivity contribution is 5.99. The molecule has 1 aromatic heterocycles. The van der Waals surface area contributed by atoms with Crippen LogP contribution in [0.2, 0.25) is 0 Å². The number of hydrogen-bond acceptors (Lipinski definition) is 5. The Bertz CT molecular complexity index is 596. The van der Waals surface area contributed by atoms with E-state index in [1.165, 1.54) is 0 Å². The van der Waals surface area contributed by atoms with E-state index in [2.05, 4.69) is 38.2 Å². The maximum absolute atomic E-state index is 12.4. The fourth-order valence-corrected chi connectivity index (χ4v) is 1.95. The van der Waals surface area contributed by atoms with Crippen molar-refractivity contribution in [2.75, 3.05) is 11.9 Å². The number of benzene rings is 1. The first-order valence-electron chi connectivity index (χ1n) is 7.00. The summed E-state index contributed by atoms with van der Waals surface area (Å²) in [5, 5.41) is 19.8. The second-order valence-corrected chi connectivity index (χ2v) is 4.94. The average molecular weight is 288 g/mol. The van der Waals surface area contributed by atoms with Crippen LogP contribution in [-0.4, -0.2) is 33.1 Å². The van der Waals surface area contributed by atoms with Crippen LogP contribution in [0.15, 0.2) is 18.2 Å². The first kappa shape index (κ1) is 15.0. The molecule has 1 unspecified atom stereocenters. The number of H-pyrrole nitrogens is 1. The third-order valence-electron chi connectivity index (χ3n) is 3.08. The van der Waals surface area contributed by atoms with Crippen LogP contribution in [0.4, 0.5) is 5.69 Å². The predicted octanol–water partition coefficient (Wildman–Crippen LogP) is 1.82. The summed E-state index contributed by atoms with van der Waals surface area (Å²) in [4.78, 5) is 12.4. The van der Waals surface area contributed by atoms with E-state index in [4.69, 9.17) is 0 Å². The Balaban J connectivity index is 2.14. The summed E-state index contributed by atoms with van der Waals surface area (Å²) >= 11 is 0. The predicted molar refractivity (Wildman–Crippen MR) is 80.0 cm³/mol. The van der Waals surface area contributed by atoms with Crippen LogP contribution < -0.4 is 10.6 Å². The largest absolute Gasteiger partial charge is 0.384 e. The van der Waals surface area contributed by atoms with Gasteiger partial charge in [0.25, 0.3) is 5.91 Å². The van der Waals surface area contributed by atoms with Gasteiger partial charge in [0.15, 0.2) is 5.82 Å². The van der Waals surface area contributed by atoms with Gasteiger partial charge in [0.2, 0.25) is 0 Å². The molecule has 1 atom stereocenters. The van der Waals surface area contributed by atoms with E-state index in [-0.39, 0.29) is 11.9 Å². The zero-order valence-electron chi connectivity index (χ0n) is 12.5. The van der Waals surface area contributed by atoms with Crippen LogP contribution in [0, 0.1) is 6.92 Å². The molecular formula is C14H20N6O. The number of carbonyl (C=O) groups excluding carboxylic acids is 1. The van der Waals surface area contributed by atoms with Crippen LogP contribution in [-0.2, 0) is 0 Å². The number of aromatic amines is 1. The number of aryl methyl sites for hydroxylation is 1. The van der Waals surface area contributed by atoms with Gasteiger partial charge >= 0.3 is 0 Å². The number of tetrazole rings is 1. The molecule has 0 aliphatic rings. The van der Waals surface area contributed by atoms with E-state index in [0.29, 0.717) is 11.4 Å². The Kier molecular flexibility index (Phi) is 4.86. The topological polar surface area (TPSA) is 95.6 Å². The lowest BCUT2D eigenvalue weighted by molar-refractivity contribution is 0.0939. The molecule has 0 radical (unpaired) electrons. The highest BCUT2D eigenvalue weighted by Gasteiger charge is 2.17. The van der Waals surface area contributed by atoms with E-state index in [9.17, 15) is 4.79 Å². The van der Waals surface area contributed by atoms with Gasteiger partial charge in [-0.05, 0) is 38.0 Å². The van der Waals surface area contributed by atoms with Crippen molar-refractivity contribution in [3.63, 3.8) is 0 Å². The minimum absolute atomic E-state index is 0.161. The molecule has 0 saturated carbocycles. The molecule has 1 heterocycles. The molecule has 7 nitrogen and oxygen atoms in total. The Morgan fingerprint density at radius 1 is 1.43 bits per heavy atom. The van der Waals surface area contributed by atoms with Crippen LogP contribution >= 0.6 is 0 Å². The van der Waals surface area contributed by atoms with Crippen LogP contribution in [0.1, 0.15) is 48.1 Å². The monoisotopic (exact) mass is 288 g/mol. The third-order valence-corrected chi connectivity index (χ3v) is 3.08. The molecule has 0 bridgehead atoms. The van der Waals surface area contributed by atoms with E-state index < -0.39 is 0 Å². The van der Waals surface area contributed by atoms with Crippen LogP contribution in [0.3, 0.4) is 0 Å². The molecule has 7 heteroatoms. The van der Waals surface area contributed by atoms with Gasteiger partial charge in [0.1, 0.15) is 0 Å². The van der Waals surface area contributed by atoms with Gasteiger partial charge in [-0.1, -0.05) is 18.2 Å². The number of amides is 1. The van der Waals surface area contributed by atoms with Crippen LogP contribution in [0.25, 0.3) is 0 Å². The third kappa shape index (κ3) is 3.77. The molecule has 0 aliphatic carbocycles. The molecule has 2 rings (SSSR count). The van der Waals surface area contributed by atoms with E-state index in [1.54, 1.807) is 0 Å². The number of aromatic nitrogens is 4. The van der Waals surface area contributed by atoms with E-state index in [0.717, 1.165) is 24.2 Å². The second-order valence-electron chi connectivity index (χ2n) is 4.94. The minimum atomic E-state index is -0.309. The molecular weight excluding hydrogens is 268 g/mol. The van der Waals surface area contributed by atoms with E-state index >= 15 is 0 Å². The first-order valence-corrected chi connectivity index (χ1v) is 7.00. The van der Waals surface area contributed by atoms with Crippen molar-refractivity contribution in [2.24, 2.45) is 0 Å². The smallest absolute Gasteiger partial charge is 0.253 e. The molecule has 0 aliphatic heterocycles. The zero-order chi connectivity index (χ0) is 15.2. The number of carbonyl (C=O) groups is 1. The maximum Gasteiger partial charge on any atom is 0.253 e. The average Bonchev–Trinajstić information content (AvgIpc) is 2.99. The van der Waals surface area contributed by atoms with Crippen molar-refractivity contribution >= 4 is 11.6 Å². The second kappa shape index (κ2) is 6.83. The lowest BCUT2D eigenvalue weighted by Crippen LogP contribution is -2.28. The number of nitrogens with zero attached hydrogens (tertiary/aromatic N) is 3. The van der Waals surface area contributed by atoms with Gasteiger partial charge in [0, 0.05) is 12.2 Å². The van der Waals surface area contributed by atoms with Gasteiger partial charge in [-0.25, -0.2) is 0 Å². The van der Waals surface area contributed by atoms with Crippen molar-refractivity contribution in [3.8, 4) is 0 Å². The summed E-state index contributed by atoms with van der Waals surface area (Å²) in [7, 11) is 0. The number of rotatable bonds is 6. The molecule has 1 amide bonds. The summed E-state index contributed by atoms with van der Waals surface area (Å²) in [5.41, 5.74) is 2.57. The Morgan fingerprint density at radius 2 is 2.24 bits per heavy atom. The molecule has 0 spiro atoms. The number of hydrogen-bond donors (Lipinski definition) is 3. The van der Waals surface area contributed by atoms with Crippen LogP contribution in [0.5, 0.6) is 0 Å². The van der Waals surface area contributed by atoms with Crippen molar-refractivity contribution in [3.05, 3.63) is 35.2 Å². The van der Waals surface area contributed by atoms with Gasteiger partial charge in [-0.15, -0.1) is 10.2 Å². The summed E-state index contributed by atoms with van der Waals surface area (Å²) in [6.45, 7) is 6.72. The van der Waals surface area contributed by atoms with Crippen molar-refractivity contribution < 1.29 is 4.79 Å². The first-order chi connectivity index (χ1) is 10.1. The maximum atomic E-state index is 12.4. The summed E-state index contributed by atoms with van der Waals surface area (Å²) < 4.78 is 0. The minimum Gasteiger partial charge on any atom is -0.384 e. The number of nitrogens with one attached hydrogen (secondary N) is 3.